The molecule has 1 saturated carbocycles. The summed E-state index contributed by atoms with van der Waals surface area (Å²) in [7, 11) is 0. The van der Waals surface area contributed by atoms with Gasteiger partial charge in [0.1, 0.15) is 6.04 Å². The number of benzene rings is 2. The lowest BCUT2D eigenvalue weighted by Crippen LogP contribution is -2.49. The summed E-state index contributed by atoms with van der Waals surface area (Å²) < 4.78 is 0. The van der Waals surface area contributed by atoms with Crippen LogP contribution in [-0.2, 0) is 16.1 Å². The number of carbonyl (C=O) groups excluding carboxylic acids is 1. The molecule has 2 aromatic rings. The van der Waals surface area contributed by atoms with Gasteiger partial charge < -0.3 is 15.3 Å². The van der Waals surface area contributed by atoms with Crippen LogP contribution in [0.2, 0.25) is 0 Å². The Kier molecular flexibility index (Phi) is 7.89. The number of rotatable bonds is 6. The maximum atomic E-state index is 14.1. The number of aryl methyl sites for hydroxylation is 2. The van der Waals surface area contributed by atoms with E-state index in [1.807, 2.05) is 30.3 Å². The van der Waals surface area contributed by atoms with Gasteiger partial charge in [0.25, 0.3) is 0 Å². The van der Waals surface area contributed by atoms with Crippen molar-refractivity contribution in [3.63, 3.8) is 0 Å². The van der Waals surface area contributed by atoms with Crippen LogP contribution in [0.3, 0.4) is 0 Å². The van der Waals surface area contributed by atoms with E-state index in [1.54, 1.807) is 4.90 Å². The van der Waals surface area contributed by atoms with Crippen LogP contribution < -0.4 is 5.32 Å². The van der Waals surface area contributed by atoms with Crippen LogP contribution in [0.25, 0.3) is 0 Å². The highest BCUT2D eigenvalue weighted by Crippen LogP contribution is 2.49. The van der Waals surface area contributed by atoms with E-state index in [2.05, 4.69) is 58.1 Å². The Hall–Kier alpha value is -2.66. The van der Waals surface area contributed by atoms with Crippen LogP contribution in [0, 0.1) is 31.1 Å². The molecular formula is C31H42N2O3. The van der Waals surface area contributed by atoms with Crippen LogP contribution in [0.5, 0.6) is 0 Å². The van der Waals surface area contributed by atoms with Crippen molar-refractivity contribution < 1.29 is 14.7 Å². The molecule has 194 valence electrons. The Morgan fingerprint density at radius 2 is 1.64 bits per heavy atom. The van der Waals surface area contributed by atoms with Gasteiger partial charge in [-0.1, -0.05) is 88.6 Å². The molecule has 0 spiro atoms. The van der Waals surface area contributed by atoms with Gasteiger partial charge in [-0.05, 0) is 54.4 Å². The van der Waals surface area contributed by atoms with Gasteiger partial charge >= 0.3 is 5.97 Å². The van der Waals surface area contributed by atoms with Gasteiger partial charge in [0, 0.05) is 24.4 Å². The van der Waals surface area contributed by atoms with E-state index in [9.17, 15) is 14.7 Å². The molecule has 36 heavy (non-hydrogen) atoms. The molecule has 1 aliphatic carbocycles. The molecule has 1 saturated heterocycles. The van der Waals surface area contributed by atoms with Crippen molar-refractivity contribution in [1.29, 1.82) is 0 Å². The Balaban J connectivity index is 1.78. The molecule has 2 aliphatic rings. The number of hydrogen-bond acceptors (Lipinski definition) is 3. The third kappa shape index (κ3) is 5.36. The standard InChI is InChI=1S/C31H42N2O3/c1-20-16-17-22(18-21(20)2)19-32-26-25(31(3,4)5)28(30(35)36)33(27(26)23-12-8-6-9-13-23)29(34)24-14-10-7-11-15-24/h6,8-9,12-13,16-18,24-28,32H,7,10-11,14-15,19H2,1-5H3,(H,35,36)/t25-,26-,27-,28-/m0/s1. The molecule has 1 heterocycles. The summed E-state index contributed by atoms with van der Waals surface area (Å²) in [6, 6.07) is 15.1. The Morgan fingerprint density at radius 3 is 2.22 bits per heavy atom. The second-order valence-electron chi connectivity index (χ2n) is 11.9. The summed E-state index contributed by atoms with van der Waals surface area (Å²) in [5, 5.41) is 14.3. The van der Waals surface area contributed by atoms with Gasteiger partial charge in [-0.3, -0.25) is 4.79 Å². The first-order chi connectivity index (χ1) is 17.1. The second-order valence-corrected chi connectivity index (χ2v) is 11.9. The predicted octanol–water partition coefficient (Wildman–Crippen LogP) is 6.04. The Labute approximate surface area is 216 Å². The Bertz CT molecular complexity index is 1070. The van der Waals surface area contributed by atoms with Crippen molar-refractivity contribution in [3.05, 3.63) is 70.8 Å². The highest BCUT2D eigenvalue weighted by Gasteiger charge is 2.58. The lowest BCUT2D eigenvalue weighted by atomic mass is 9.72. The molecule has 1 aliphatic heterocycles. The number of carboxylic acid groups (broad SMARTS) is 1. The monoisotopic (exact) mass is 490 g/mol. The molecule has 4 atom stereocenters. The fraction of sp³-hybridized carbons (Fsp3) is 0.548. The first-order valence-corrected chi connectivity index (χ1v) is 13.5. The van der Waals surface area contributed by atoms with E-state index in [0.717, 1.165) is 37.7 Å². The summed E-state index contributed by atoms with van der Waals surface area (Å²) in [6.45, 7) is 11.2. The predicted molar refractivity (Wildman–Crippen MR) is 144 cm³/mol. The molecule has 2 fully saturated rings. The second kappa shape index (κ2) is 10.8. The van der Waals surface area contributed by atoms with Crippen LogP contribution >= 0.6 is 0 Å². The topological polar surface area (TPSA) is 69.6 Å². The van der Waals surface area contributed by atoms with E-state index in [4.69, 9.17) is 0 Å². The molecule has 0 unspecified atom stereocenters. The smallest absolute Gasteiger partial charge is 0.326 e. The first kappa shape index (κ1) is 26.4. The van der Waals surface area contributed by atoms with E-state index < -0.39 is 12.0 Å². The fourth-order valence-corrected chi connectivity index (χ4v) is 6.44. The van der Waals surface area contributed by atoms with Crippen LogP contribution in [0.15, 0.2) is 48.5 Å². The summed E-state index contributed by atoms with van der Waals surface area (Å²) in [5.74, 6) is -1.23. The number of nitrogens with zero attached hydrogens (tertiary/aromatic N) is 1. The third-order valence-corrected chi connectivity index (χ3v) is 8.38. The number of hydrogen-bond donors (Lipinski definition) is 2. The number of likely N-dealkylation sites (tertiary alicyclic amines) is 1. The lowest BCUT2D eigenvalue weighted by Gasteiger charge is -2.36. The van der Waals surface area contributed by atoms with Crippen molar-refractivity contribution >= 4 is 11.9 Å². The molecular weight excluding hydrogens is 448 g/mol. The van der Waals surface area contributed by atoms with Gasteiger partial charge in [-0.15, -0.1) is 0 Å². The van der Waals surface area contributed by atoms with Crippen molar-refractivity contribution in [2.24, 2.45) is 17.3 Å². The van der Waals surface area contributed by atoms with Crippen molar-refractivity contribution in [3.8, 4) is 0 Å². The van der Waals surface area contributed by atoms with Gasteiger partial charge in [0.15, 0.2) is 0 Å². The number of amides is 1. The van der Waals surface area contributed by atoms with Gasteiger partial charge in [0.05, 0.1) is 6.04 Å². The fourth-order valence-electron chi connectivity index (χ4n) is 6.44. The van der Waals surface area contributed by atoms with Gasteiger partial charge in [-0.2, -0.15) is 0 Å². The molecule has 5 heteroatoms. The minimum Gasteiger partial charge on any atom is -0.480 e. The molecule has 0 bridgehead atoms. The number of nitrogens with one attached hydrogen (secondary N) is 1. The van der Waals surface area contributed by atoms with Crippen LogP contribution in [-0.4, -0.2) is 34.0 Å². The maximum absolute atomic E-state index is 14.1. The normalized spacial score (nSPS) is 25.2. The van der Waals surface area contributed by atoms with E-state index in [-0.39, 0.29) is 35.2 Å². The highest BCUT2D eigenvalue weighted by molar-refractivity contribution is 5.87. The molecule has 2 N–H and O–H groups in total. The SMILES string of the molecule is Cc1ccc(CN[C@H]2[C@H](C(C)(C)C)[C@@H](C(=O)O)N(C(=O)C3CCCCC3)[C@H]2c2ccccc2)cc1C. The third-order valence-electron chi connectivity index (χ3n) is 8.38. The number of carbonyl (C=O) groups is 2. The zero-order valence-electron chi connectivity index (χ0n) is 22.5. The summed E-state index contributed by atoms with van der Waals surface area (Å²) in [4.78, 5) is 28.8. The van der Waals surface area contributed by atoms with Crippen LogP contribution in [0.1, 0.15) is 81.2 Å². The average Bonchev–Trinajstić information content (AvgIpc) is 3.21. The molecule has 1 amide bonds. The number of aliphatic carboxylic acids is 1. The largest absolute Gasteiger partial charge is 0.480 e. The van der Waals surface area contributed by atoms with Crippen molar-refractivity contribution in [1.82, 2.24) is 10.2 Å². The van der Waals surface area contributed by atoms with Crippen LogP contribution in [0.4, 0.5) is 0 Å². The quantitative estimate of drug-likeness (QED) is 0.518. The van der Waals surface area contributed by atoms with E-state index in [0.29, 0.717) is 6.54 Å². The number of carboxylic acids is 1. The van der Waals surface area contributed by atoms with Crippen molar-refractivity contribution in [2.45, 2.75) is 91.4 Å². The molecule has 2 aromatic carbocycles. The van der Waals surface area contributed by atoms with E-state index in [1.165, 1.54) is 16.7 Å². The van der Waals surface area contributed by atoms with Gasteiger partial charge in [-0.25, -0.2) is 4.79 Å². The molecule has 0 aromatic heterocycles. The lowest BCUT2D eigenvalue weighted by molar-refractivity contribution is -0.154. The minimum absolute atomic E-state index is 0.0145. The first-order valence-electron chi connectivity index (χ1n) is 13.5. The molecule has 0 radical (unpaired) electrons. The zero-order chi connectivity index (χ0) is 26.0. The zero-order valence-corrected chi connectivity index (χ0v) is 22.5. The Morgan fingerprint density at radius 1 is 0.972 bits per heavy atom. The maximum Gasteiger partial charge on any atom is 0.326 e. The molecule has 5 nitrogen and oxygen atoms in total. The minimum atomic E-state index is -0.907. The van der Waals surface area contributed by atoms with E-state index >= 15 is 0 Å². The summed E-state index contributed by atoms with van der Waals surface area (Å²) in [6.07, 6.45) is 4.93. The highest BCUT2D eigenvalue weighted by atomic mass is 16.4. The van der Waals surface area contributed by atoms with Gasteiger partial charge in [0.2, 0.25) is 5.91 Å². The average molecular weight is 491 g/mol. The summed E-state index contributed by atoms with van der Waals surface area (Å²) >= 11 is 0. The van der Waals surface area contributed by atoms with Crippen molar-refractivity contribution in [2.75, 3.05) is 0 Å². The summed E-state index contributed by atoms with van der Waals surface area (Å²) in [5.41, 5.74) is 4.34. The molecule has 4 rings (SSSR count).